The van der Waals surface area contributed by atoms with Crippen LogP contribution in [0.1, 0.15) is 35.5 Å². The van der Waals surface area contributed by atoms with Gasteiger partial charge in [-0.2, -0.15) is 5.26 Å². The van der Waals surface area contributed by atoms with E-state index in [4.69, 9.17) is 5.26 Å². The van der Waals surface area contributed by atoms with E-state index in [1.807, 2.05) is 31.4 Å². The molecule has 0 aliphatic carbocycles. The van der Waals surface area contributed by atoms with Crippen LogP contribution in [0, 0.1) is 11.3 Å². The standard InChI is InChI=1S/C11H14N2OS/c1-3-9-5-7-15-10(9)11(14)13-8(2)4-6-12/h5,7-8H,3-4H2,1-2H3,(H,13,14). The number of carbonyl (C=O) groups excluding carboxylic acids is 1. The Labute approximate surface area is 93.7 Å². The van der Waals surface area contributed by atoms with Crippen molar-refractivity contribution in [3.05, 3.63) is 21.9 Å². The van der Waals surface area contributed by atoms with Crippen LogP contribution >= 0.6 is 11.3 Å². The van der Waals surface area contributed by atoms with Crippen molar-refractivity contribution in [2.75, 3.05) is 0 Å². The molecule has 0 saturated carbocycles. The molecule has 0 bridgehead atoms. The summed E-state index contributed by atoms with van der Waals surface area (Å²) in [5.41, 5.74) is 1.07. The maximum atomic E-state index is 11.8. The van der Waals surface area contributed by atoms with E-state index in [0.29, 0.717) is 6.42 Å². The minimum Gasteiger partial charge on any atom is -0.348 e. The van der Waals surface area contributed by atoms with Crippen molar-refractivity contribution >= 4 is 17.2 Å². The first-order valence-corrected chi connectivity index (χ1v) is 5.81. The molecule has 1 unspecified atom stereocenters. The van der Waals surface area contributed by atoms with Gasteiger partial charge in [-0.25, -0.2) is 0 Å². The molecule has 1 rings (SSSR count). The fourth-order valence-corrected chi connectivity index (χ4v) is 2.19. The monoisotopic (exact) mass is 222 g/mol. The third kappa shape index (κ3) is 3.07. The minimum absolute atomic E-state index is 0.0652. The largest absolute Gasteiger partial charge is 0.348 e. The molecule has 1 aromatic rings. The van der Waals surface area contributed by atoms with E-state index >= 15 is 0 Å². The summed E-state index contributed by atoms with van der Waals surface area (Å²) in [5, 5.41) is 13.2. The summed E-state index contributed by atoms with van der Waals surface area (Å²) in [6.45, 7) is 3.86. The Kier molecular flexibility index (Phi) is 4.32. The number of rotatable bonds is 4. The third-order valence-electron chi connectivity index (χ3n) is 2.11. The van der Waals surface area contributed by atoms with E-state index in [-0.39, 0.29) is 11.9 Å². The van der Waals surface area contributed by atoms with Gasteiger partial charge in [-0.1, -0.05) is 6.92 Å². The van der Waals surface area contributed by atoms with Crippen molar-refractivity contribution in [2.45, 2.75) is 32.7 Å². The zero-order valence-corrected chi connectivity index (χ0v) is 9.73. The smallest absolute Gasteiger partial charge is 0.261 e. The minimum atomic E-state index is -0.0886. The van der Waals surface area contributed by atoms with Crippen molar-refractivity contribution in [2.24, 2.45) is 0 Å². The molecule has 1 amide bonds. The molecule has 0 aliphatic rings. The highest BCUT2D eigenvalue weighted by molar-refractivity contribution is 7.12. The number of thiophene rings is 1. The van der Waals surface area contributed by atoms with Crippen molar-refractivity contribution in [1.29, 1.82) is 5.26 Å². The summed E-state index contributed by atoms with van der Waals surface area (Å²) in [6.07, 6.45) is 1.21. The number of aryl methyl sites for hydroxylation is 1. The molecule has 0 saturated heterocycles. The van der Waals surface area contributed by atoms with Gasteiger partial charge in [0.05, 0.1) is 17.4 Å². The Hall–Kier alpha value is -1.34. The lowest BCUT2D eigenvalue weighted by atomic mass is 10.2. The summed E-state index contributed by atoms with van der Waals surface area (Å²) < 4.78 is 0. The molecule has 1 N–H and O–H groups in total. The molecule has 0 radical (unpaired) electrons. The molecule has 0 aliphatic heterocycles. The second-order valence-electron chi connectivity index (χ2n) is 3.37. The van der Waals surface area contributed by atoms with Gasteiger partial charge < -0.3 is 5.32 Å². The highest BCUT2D eigenvalue weighted by Gasteiger charge is 2.13. The molecule has 0 fully saturated rings. The van der Waals surface area contributed by atoms with Crippen LogP contribution in [0.5, 0.6) is 0 Å². The lowest BCUT2D eigenvalue weighted by molar-refractivity contribution is 0.0944. The summed E-state index contributed by atoms with van der Waals surface area (Å²) in [6, 6.07) is 3.91. The first-order valence-electron chi connectivity index (χ1n) is 4.93. The van der Waals surface area contributed by atoms with E-state index in [9.17, 15) is 4.79 Å². The maximum absolute atomic E-state index is 11.8. The average molecular weight is 222 g/mol. The Morgan fingerprint density at radius 2 is 2.47 bits per heavy atom. The first-order chi connectivity index (χ1) is 7.19. The Bertz CT molecular complexity index is 378. The number of hydrogen-bond acceptors (Lipinski definition) is 3. The molecule has 1 heterocycles. The van der Waals surface area contributed by atoms with E-state index in [0.717, 1.165) is 16.9 Å². The molecular formula is C11H14N2OS. The number of hydrogen-bond donors (Lipinski definition) is 1. The van der Waals surface area contributed by atoms with Crippen molar-refractivity contribution in [3.63, 3.8) is 0 Å². The normalized spacial score (nSPS) is 11.8. The third-order valence-corrected chi connectivity index (χ3v) is 3.06. The number of carbonyl (C=O) groups is 1. The topological polar surface area (TPSA) is 52.9 Å². The average Bonchev–Trinajstić information content (AvgIpc) is 2.65. The Balaban J connectivity index is 2.65. The van der Waals surface area contributed by atoms with Gasteiger partial charge >= 0.3 is 0 Å². The van der Waals surface area contributed by atoms with Gasteiger partial charge in [0.25, 0.3) is 5.91 Å². The molecular weight excluding hydrogens is 208 g/mol. The van der Waals surface area contributed by atoms with Crippen molar-refractivity contribution in [3.8, 4) is 6.07 Å². The number of nitrogens with one attached hydrogen (secondary N) is 1. The van der Waals surface area contributed by atoms with Gasteiger partial charge in [0.15, 0.2) is 0 Å². The van der Waals surface area contributed by atoms with Crippen molar-refractivity contribution < 1.29 is 4.79 Å². The molecule has 1 atom stereocenters. The zero-order chi connectivity index (χ0) is 11.3. The second kappa shape index (κ2) is 5.52. The lowest BCUT2D eigenvalue weighted by Gasteiger charge is -2.09. The fourth-order valence-electron chi connectivity index (χ4n) is 1.29. The molecule has 0 spiro atoms. The predicted octanol–water partition coefficient (Wildman–Crippen LogP) is 2.34. The van der Waals surface area contributed by atoms with Crippen molar-refractivity contribution in [1.82, 2.24) is 5.32 Å². The van der Waals surface area contributed by atoms with Gasteiger partial charge in [0, 0.05) is 6.04 Å². The van der Waals surface area contributed by atoms with Crippen LogP contribution < -0.4 is 5.32 Å². The van der Waals surface area contributed by atoms with E-state index in [1.165, 1.54) is 11.3 Å². The van der Waals surface area contributed by atoms with E-state index in [2.05, 4.69) is 5.32 Å². The summed E-state index contributed by atoms with van der Waals surface area (Å²) in [4.78, 5) is 12.5. The Morgan fingerprint density at radius 3 is 3.07 bits per heavy atom. The molecule has 3 nitrogen and oxygen atoms in total. The van der Waals surface area contributed by atoms with Gasteiger partial charge in [-0.05, 0) is 30.4 Å². The molecule has 15 heavy (non-hydrogen) atoms. The number of amides is 1. The van der Waals surface area contributed by atoms with Crippen LogP contribution in [0.25, 0.3) is 0 Å². The molecule has 1 aromatic heterocycles. The maximum Gasteiger partial charge on any atom is 0.261 e. The zero-order valence-electron chi connectivity index (χ0n) is 8.91. The summed E-state index contributed by atoms with van der Waals surface area (Å²) in [5.74, 6) is -0.0652. The predicted molar refractivity (Wildman–Crippen MR) is 60.9 cm³/mol. The number of nitriles is 1. The second-order valence-corrected chi connectivity index (χ2v) is 4.28. The highest BCUT2D eigenvalue weighted by Crippen LogP contribution is 2.17. The van der Waals surface area contributed by atoms with Gasteiger partial charge in [-0.3, -0.25) is 4.79 Å². The SMILES string of the molecule is CCc1ccsc1C(=O)NC(C)CC#N. The highest BCUT2D eigenvalue weighted by atomic mass is 32.1. The molecule has 4 heteroatoms. The van der Waals surface area contributed by atoms with Crippen LogP contribution in [-0.2, 0) is 6.42 Å². The van der Waals surface area contributed by atoms with Gasteiger partial charge in [-0.15, -0.1) is 11.3 Å². The number of nitrogens with zero attached hydrogens (tertiary/aromatic N) is 1. The van der Waals surface area contributed by atoms with Gasteiger partial charge in [0.2, 0.25) is 0 Å². The van der Waals surface area contributed by atoms with Crippen LogP contribution in [-0.4, -0.2) is 11.9 Å². The lowest BCUT2D eigenvalue weighted by Crippen LogP contribution is -2.32. The van der Waals surface area contributed by atoms with Crippen LogP contribution in [0.15, 0.2) is 11.4 Å². The fraction of sp³-hybridized carbons (Fsp3) is 0.455. The summed E-state index contributed by atoms with van der Waals surface area (Å²) >= 11 is 1.45. The molecule has 80 valence electrons. The van der Waals surface area contributed by atoms with E-state index < -0.39 is 0 Å². The van der Waals surface area contributed by atoms with Crippen LogP contribution in [0.2, 0.25) is 0 Å². The Morgan fingerprint density at radius 1 is 1.73 bits per heavy atom. The molecule has 0 aromatic carbocycles. The van der Waals surface area contributed by atoms with E-state index in [1.54, 1.807) is 0 Å². The quantitative estimate of drug-likeness (QED) is 0.850. The summed E-state index contributed by atoms with van der Waals surface area (Å²) in [7, 11) is 0. The van der Waals surface area contributed by atoms with Crippen LogP contribution in [0.3, 0.4) is 0 Å². The van der Waals surface area contributed by atoms with Crippen LogP contribution in [0.4, 0.5) is 0 Å². The first kappa shape index (κ1) is 11.7. The van der Waals surface area contributed by atoms with Gasteiger partial charge in [0.1, 0.15) is 0 Å².